The van der Waals surface area contributed by atoms with Crippen molar-refractivity contribution < 1.29 is 14.2 Å². The number of ether oxygens (including phenoxy) is 1. The number of hydrogen-bond donors (Lipinski definition) is 2. The third-order valence-corrected chi connectivity index (χ3v) is 3.32. The fraction of sp³-hybridized carbons (Fsp3) is 0.143. The Morgan fingerprint density at radius 2 is 2.11 bits per heavy atom. The molecule has 2 N–H and O–H groups in total. The predicted octanol–water partition coefficient (Wildman–Crippen LogP) is 3.91. The maximum Gasteiger partial charge on any atom is 0.165 e. The molecule has 0 saturated heterocycles. The second-order valence-electron chi connectivity index (χ2n) is 3.95. The molecule has 19 heavy (non-hydrogen) atoms. The number of aromatic hydroxyl groups is 1. The summed E-state index contributed by atoms with van der Waals surface area (Å²) in [4.78, 5) is 0. The molecule has 0 fully saturated rings. The summed E-state index contributed by atoms with van der Waals surface area (Å²) < 4.78 is 19.1. The van der Waals surface area contributed by atoms with Crippen LogP contribution in [0.2, 0.25) is 0 Å². The second kappa shape index (κ2) is 5.93. The number of anilines is 1. The highest BCUT2D eigenvalue weighted by Gasteiger charge is 2.06. The number of halogens is 2. The topological polar surface area (TPSA) is 41.5 Å². The highest BCUT2D eigenvalue weighted by atomic mass is 79.9. The number of rotatable bonds is 4. The normalized spacial score (nSPS) is 10.3. The highest BCUT2D eigenvalue weighted by Crippen LogP contribution is 2.28. The number of methoxy groups -OCH3 is 1. The van der Waals surface area contributed by atoms with Gasteiger partial charge in [0.2, 0.25) is 0 Å². The van der Waals surface area contributed by atoms with Crippen molar-refractivity contribution >= 4 is 21.6 Å². The molecule has 0 amide bonds. The van der Waals surface area contributed by atoms with Gasteiger partial charge in [-0.05, 0) is 40.2 Å². The van der Waals surface area contributed by atoms with E-state index in [1.165, 1.54) is 6.07 Å². The zero-order valence-corrected chi connectivity index (χ0v) is 11.9. The van der Waals surface area contributed by atoms with E-state index in [-0.39, 0.29) is 5.75 Å². The van der Waals surface area contributed by atoms with Crippen LogP contribution in [0.3, 0.4) is 0 Å². The standard InChI is InChI=1S/C14H13BrFNO2/c1-19-13-6-5-10(7-11(13)15)17-8-9-3-2-4-12(16)14(9)18/h2-7,17-18H,8H2,1H3. The number of para-hydroxylation sites is 1. The fourth-order valence-corrected chi connectivity index (χ4v) is 2.22. The third kappa shape index (κ3) is 3.17. The maximum absolute atomic E-state index is 13.2. The summed E-state index contributed by atoms with van der Waals surface area (Å²) >= 11 is 3.39. The van der Waals surface area contributed by atoms with Crippen LogP contribution >= 0.6 is 15.9 Å². The Labute approximate surface area is 119 Å². The second-order valence-corrected chi connectivity index (χ2v) is 4.80. The summed E-state index contributed by atoms with van der Waals surface area (Å²) in [6, 6.07) is 9.98. The number of phenols is 1. The van der Waals surface area contributed by atoms with E-state index in [1.54, 1.807) is 19.2 Å². The SMILES string of the molecule is COc1ccc(NCc2cccc(F)c2O)cc1Br. The molecule has 0 radical (unpaired) electrons. The number of phenolic OH excluding ortho intramolecular Hbond substituents is 1. The van der Waals surface area contributed by atoms with Gasteiger partial charge in [-0.25, -0.2) is 4.39 Å². The summed E-state index contributed by atoms with van der Waals surface area (Å²) in [6.45, 7) is 0.336. The van der Waals surface area contributed by atoms with Crippen LogP contribution in [0.15, 0.2) is 40.9 Å². The van der Waals surface area contributed by atoms with Gasteiger partial charge in [0, 0.05) is 17.8 Å². The minimum absolute atomic E-state index is 0.317. The van der Waals surface area contributed by atoms with E-state index in [4.69, 9.17) is 4.74 Å². The quantitative estimate of drug-likeness (QED) is 0.895. The van der Waals surface area contributed by atoms with Gasteiger partial charge in [-0.3, -0.25) is 0 Å². The van der Waals surface area contributed by atoms with E-state index >= 15 is 0 Å². The van der Waals surface area contributed by atoms with E-state index in [1.807, 2.05) is 18.2 Å². The van der Waals surface area contributed by atoms with Gasteiger partial charge in [0.25, 0.3) is 0 Å². The molecular formula is C14H13BrFNO2. The van der Waals surface area contributed by atoms with E-state index in [0.717, 1.165) is 15.9 Å². The lowest BCUT2D eigenvalue weighted by molar-refractivity contribution is 0.412. The molecule has 0 bridgehead atoms. The molecular weight excluding hydrogens is 313 g/mol. The summed E-state index contributed by atoms with van der Waals surface area (Å²) in [5, 5.41) is 12.7. The average molecular weight is 326 g/mol. The Balaban J connectivity index is 2.10. The van der Waals surface area contributed by atoms with Crippen molar-refractivity contribution in [3.63, 3.8) is 0 Å². The van der Waals surface area contributed by atoms with Crippen molar-refractivity contribution in [2.75, 3.05) is 12.4 Å². The third-order valence-electron chi connectivity index (χ3n) is 2.71. The Bertz CT molecular complexity index is 590. The number of benzene rings is 2. The molecule has 0 aliphatic carbocycles. The van der Waals surface area contributed by atoms with E-state index in [2.05, 4.69) is 21.2 Å². The lowest BCUT2D eigenvalue weighted by Gasteiger charge is -2.10. The van der Waals surface area contributed by atoms with Gasteiger partial charge in [-0.2, -0.15) is 0 Å². The van der Waals surface area contributed by atoms with Crippen LogP contribution in [-0.4, -0.2) is 12.2 Å². The van der Waals surface area contributed by atoms with Gasteiger partial charge in [-0.1, -0.05) is 12.1 Å². The highest BCUT2D eigenvalue weighted by molar-refractivity contribution is 9.10. The Morgan fingerprint density at radius 3 is 2.79 bits per heavy atom. The van der Waals surface area contributed by atoms with E-state index in [0.29, 0.717) is 12.1 Å². The monoisotopic (exact) mass is 325 g/mol. The Hall–Kier alpha value is -1.75. The molecule has 2 aromatic carbocycles. The van der Waals surface area contributed by atoms with Crippen LogP contribution in [0.25, 0.3) is 0 Å². The molecule has 5 heteroatoms. The van der Waals surface area contributed by atoms with Crippen molar-refractivity contribution in [2.45, 2.75) is 6.54 Å². The minimum atomic E-state index is -0.616. The van der Waals surface area contributed by atoms with Crippen LogP contribution in [-0.2, 0) is 6.54 Å². The van der Waals surface area contributed by atoms with E-state index in [9.17, 15) is 9.50 Å². The largest absolute Gasteiger partial charge is 0.505 e. The van der Waals surface area contributed by atoms with Crippen molar-refractivity contribution in [2.24, 2.45) is 0 Å². The van der Waals surface area contributed by atoms with Gasteiger partial charge >= 0.3 is 0 Å². The number of nitrogens with one attached hydrogen (secondary N) is 1. The average Bonchev–Trinajstić information content (AvgIpc) is 2.40. The van der Waals surface area contributed by atoms with Crippen molar-refractivity contribution in [3.05, 3.63) is 52.3 Å². The predicted molar refractivity (Wildman–Crippen MR) is 76.1 cm³/mol. The summed E-state index contributed by atoms with van der Waals surface area (Å²) in [7, 11) is 1.60. The Kier molecular flexibility index (Phi) is 4.27. The molecule has 0 aliphatic rings. The molecule has 100 valence electrons. The molecule has 0 heterocycles. The van der Waals surface area contributed by atoms with Crippen LogP contribution in [0.5, 0.6) is 11.5 Å². The molecule has 0 saturated carbocycles. The summed E-state index contributed by atoms with van der Waals surface area (Å²) in [6.07, 6.45) is 0. The lowest BCUT2D eigenvalue weighted by Crippen LogP contribution is -2.00. The molecule has 0 aromatic heterocycles. The summed E-state index contributed by atoms with van der Waals surface area (Å²) in [5.74, 6) is -0.197. The molecule has 0 aliphatic heterocycles. The van der Waals surface area contributed by atoms with Gasteiger partial charge in [0.05, 0.1) is 11.6 Å². The summed E-state index contributed by atoms with van der Waals surface area (Å²) in [5.41, 5.74) is 1.35. The van der Waals surface area contributed by atoms with Gasteiger partial charge < -0.3 is 15.2 Å². The first kappa shape index (κ1) is 13.7. The molecule has 0 unspecified atom stereocenters. The van der Waals surface area contributed by atoms with Gasteiger partial charge in [0.1, 0.15) is 5.75 Å². The Morgan fingerprint density at radius 1 is 1.32 bits per heavy atom. The zero-order chi connectivity index (χ0) is 13.8. The van der Waals surface area contributed by atoms with Gasteiger partial charge in [-0.15, -0.1) is 0 Å². The van der Waals surface area contributed by atoms with Crippen LogP contribution in [0.4, 0.5) is 10.1 Å². The number of hydrogen-bond acceptors (Lipinski definition) is 3. The van der Waals surface area contributed by atoms with Crippen molar-refractivity contribution in [3.8, 4) is 11.5 Å². The fourth-order valence-electron chi connectivity index (χ4n) is 1.68. The van der Waals surface area contributed by atoms with Crippen LogP contribution in [0, 0.1) is 5.82 Å². The van der Waals surface area contributed by atoms with Crippen molar-refractivity contribution in [1.82, 2.24) is 0 Å². The molecule has 0 atom stereocenters. The molecule has 3 nitrogen and oxygen atoms in total. The lowest BCUT2D eigenvalue weighted by atomic mass is 10.2. The molecule has 2 rings (SSSR count). The first-order valence-electron chi connectivity index (χ1n) is 5.65. The smallest absolute Gasteiger partial charge is 0.165 e. The first-order chi connectivity index (χ1) is 9.11. The molecule has 2 aromatic rings. The molecule has 0 spiro atoms. The van der Waals surface area contributed by atoms with Crippen LogP contribution in [0.1, 0.15) is 5.56 Å². The first-order valence-corrected chi connectivity index (χ1v) is 6.45. The zero-order valence-electron chi connectivity index (χ0n) is 10.3. The van der Waals surface area contributed by atoms with Gasteiger partial charge in [0.15, 0.2) is 11.6 Å². The van der Waals surface area contributed by atoms with Crippen molar-refractivity contribution in [1.29, 1.82) is 0 Å². The van der Waals surface area contributed by atoms with Crippen LogP contribution < -0.4 is 10.1 Å². The minimum Gasteiger partial charge on any atom is -0.505 e. The van der Waals surface area contributed by atoms with E-state index < -0.39 is 5.82 Å². The maximum atomic E-state index is 13.2.